The minimum atomic E-state index is -0.0736. The van der Waals surface area contributed by atoms with E-state index in [1.165, 1.54) is 23.0 Å². The van der Waals surface area contributed by atoms with Gasteiger partial charge in [0.25, 0.3) is 0 Å². The van der Waals surface area contributed by atoms with Crippen molar-refractivity contribution in [3.63, 3.8) is 0 Å². The van der Waals surface area contributed by atoms with Gasteiger partial charge in [0.2, 0.25) is 5.91 Å². The summed E-state index contributed by atoms with van der Waals surface area (Å²) in [6.45, 7) is 11.4. The third-order valence-corrected chi connectivity index (χ3v) is 6.81. The molecule has 1 unspecified atom stereocenters. The number of hydrogen-bond acceptors (Lipinski definition) is 6. The highest BCUT2D eigenvalue weighted by atomic mass is 32.2. The van der Waals surface area contributed by atoms with E-state index in [9.17, 15) is 4.79 Å². The lowest BCUT2D eigenvalue weighted by atomic mass is 10.1. The standard InChI is InChI=1S/C25H31N5O2S/c1-17-5-6-18(2)23(15-17)30-20(4)27-28-25(30)33-16-24(31)26-19(3)21-7-9-22(10-8-21)29-11-13-32-14-12-29/h5-10,15,19H,11-14,16H2,1-4H3,(H,26,31). The molecule has 4 rings (SSSR count). The Morgan fingerprint density at radius 3 is 2.55 bits per heavy atom. The van der Waals surface area contributed by atoms with E-state index in [0.717, 1.165) is 54.1 Å². The zero-order valence-corrected chi connectivity index (χ0v) is 20.5. The van der Waals surface area contributed by atoms with Crippen molar-refractivity contribution in [2.45, 2.75) is 38.9 Å². The van der Waals surface area contributed by atoms with E-state index < -0.39 is 0 Å². The molecule has 0 saturated carbocycles. The number of anilines is 1. The second-order valence-electron chi connectivity index (χ2n) is 8.42. The lowest BCUT2D eigenvalue weighted by Crippen LogP contribution is -2.36. The lowest BCUT2D eigenvalue weighted by Gasteiger charge is -2.29. The van der Waals surface area contributed by atoms with Crippen molar-refractivity contribution in [3.8, 4) is 5.69 Å². The summed E-state index contributed by atoms with van der Waals surface area (Å²) in [5.41, 5.74) is 5.64. The number of rotatable bonds is 7. The SMILES string of the molecule is Cc1ccc(C)c(-n2c(C)nnc2SCC(=O)NC(C)c2ccc(N3CCOCC3)cc2)c1. The molecule has 1 aliphatic rings. The second-order valence-corrected chi connectivity index (χ2v) is 9.37. The number of aryl methyl sites for hydroxylation is 3. The highest BCUT2D eigenvalue weighted by Crippen LogP contribution is 2.25. The average molecular weight is 466 g/mol. The van der Waals surface area contributed by atoms with Gasteiger partial charge in [-0.3, -0.25) is 9.36 Å². The van der Waals surface area contributed by atoms with E-state index in [1.54, 1.807) is 0 Å². The fourth-order valence-corrected chi connectivity index (χ4v) is 4.77. The fourth-order valence-electron chi connectivity index (χ4n) is 3.97. The molecule has 0 spiro atoms. The molecule has 0 aliphatic carbocycles. The van der Waals surface area contributed by atoms with Crippen molar-refractivity contribution in [1.82, 2.24) is 20.1 Å². The van der Waals surface area contributed by atoms with Crippen LogP contribution in [0.1, 0.15) is 35.5 Å². The number of ether oxygens (including phenoxy) is 1. The molecule has 0 radical (unpaired) electrons. The molecule has 2 heterocycles. The maximum Gasteiger partial charge on any atom is 0.230 e. The van der Waals surface area contributed by atoms with Gasteiger partial charge in [-0.2, -0.15) is 0 Å². The van der Waals surface area contributed by atoms with Crippen LogP contribution in [0.2, 0.25) is 0 Å². The predicted molar refractivity (Wildman–Crippen MR) is 132 cm³/mol. The molecule has 1 saturated heterocycles. The van der Waals surface area contributed by atoms with Crippen LogP contribution in [0, 0.1) is 20.8 Å². The molecular formula is C25H31N5O2S. The number of carbonyl (C=O) groups is 1. The van der Waals surface area contributed by atoms with Gasteiger partial charge in [-0.1, -0.05) is 36.0 Å². The van der Waals surface area contributed by atoms with Crippen LogP contribution in [0.25, 0.3) is 5.69 Å². The van der Waals surface area contributed by atoms with E-state index >= 15 is 0 Å². The van der Waals surface area contributed by atoms with Crippen LogP contribution < -0.4 is 10.2 Å². The smallest absolute Gasteiger partial charge is 0.230 e. The van der Waals surface area contributed by atoms with Crippen LogP contribution in [-0.4, -0.2) is 52.7 Å². The monoisotopic (exact) mass is 465 g/mol. The minimum absolute atomic E-state index is 0.0297. The zero-order chi connectivity index (χ0) is 23.4. The molecule has 8 heteroatoms. The molecule has 3 aromatic rings. The largest absolute Gasteiger partial charge is 0.378 e. The van der Waals surface area contributed by atoms with Crippen molar-refractivity contribution in [3.05, 3.63) is 65.0 Å². The normalized spacial score (nSPS) is 14.8. The summed E-state index contributed by atoms with van der Waals surface area (Å²) in [4.78, 5) is 15.0. The summed E-state index contributed by atoms with van der Waals surface area (Å²) in [6.07, 6.45) is 0. The Labute approximate surface area is 199 Å². The van der Waals surface area contributed by atoms with Gasteiger partial charge < -0.3 is 15.0 Å². The molecule has 1 fully saturated rings. The quantitative estimate of drug-likeness (QED) is 0.532. The van der Waals surface area contributed by atoms with Gasteiger partial charge in [-0.25, -0.2) is 0 Å². The summed E-state index contributed by atoms with van der Waals surface area (Å²) in [7, 11) is 0. The highest BCUT2D eigenvalue weighted by Gasteiger charge is 2.17. The number of carbonyl (C=O) groups excluding carboxylic acids is 1. The van der Waals surface area contributed by atoms with Gasteiger partial charge in [0, 0.05) is 18.8 Å². The van der Waals surface area contributed by atoms with E-state index in [1.807, 2.05) is 18.4 Å². The number of benzene rings is 2. The number of amides is 1. The second kappa shape index (κ2) is 10.4. The summed E-state index contributed by atoms with van der Waals surface area (Å²) in [5, 5.41) is 12.4. The van der Waals surface area contributed by atoms with Gasteiger partial charge in [-0.05, 0) is 62.6 Å². The number of aromatic nitrogens is 3. The molecule has 1 N–H and O–H groups in total. The molecule has 1 aliphatic heterocycles. The summed E-state index contributed by atoms with van der Waals surface area (Å²) in [6, 6.07) is 14.6. The first-order valence-corrected chi connectivity index (χ1v) is 12.3. The van der Waals surface area contributed by atoms with Crippen molar-refractivity contribution < 1.29 is 9.53 Å². The Hall–Kier alpha value is -2.84. The van der Waals surface area contributed by atoms with Crippen LogP contribution in [0.15, 0.2) is 47.6 Å². The van der Waals surface area contributed by atoms with Gasteiger partial charge in [0.05, 0.1) is 30.7 Å². The number of hydrogen-bond donors (Lipinski definition) is 1. The molecule has 33 heavy (non-hydrogen) atoms. The third-order valence-electron chi connectivity index (χ3n) is 5.88. The first kappa shape index (κ1) is 23.3. The number of nitrogens with zero attached hydrogens (tertiary/aromatic N) is 4. The van der Waals surface area contributed by atoms with Crippen molar-refractivity contribution in [1.29, 1.82) is 0 Å². The van der Waals surface area contributed by atoms with Gasteiger partial charge in [0.1, 0.15) is 5.82 Å². The van der Waals surface area contributed by atoms with Gasteiger partial charge in [-0.15, -0.1) is 10.2 Å². The Balaban J connectivity index is 1.36. The first-order chi connectivity index (χ1) is 15.9. The maximum absolute atomic E-state index is 12.7. The Morgan fingerprint density at radius 1 is 1.09 bits per heavy atom. The first-order valence-electron chi connectivity index (χ1n) is 11.3. The van der Waals surface area contributed by atoms with Crippen LogP contribution >= 0.6 is 11.8 Å². The minimum Gasteiger partial charge on any atom is -0.378 e. The van der Waals surface area contributed by atoms with Gasteiger partial charge in [0.15, 0.2) is 5.16 Å². The third kappa shape index (κ3) is 5.57. The van der Waals surface area contributed by atoms with Crippen molar-refractivity contribution in [2.75, 3.05) is 37.0 Å². The topological polar surface area (TPSA) is 72.3 Å². The van der Waals surface area contributed by atoms with E-state index in [4.69, 9.17) is 4.74 Å². The van der Waals surface area contributed by atoms with Crippen molar-refractivity contribution >= 4 is 23.4 Å². The zero-order valence-electron chi connectivity index (χ0n) is 19.7. The molecule has 7 nitrogen and oxygen atoms in total. The van der Waals surface area contributed by atoms with Crippen LogP contribution in [0.4, 0.5) is 5.69 Å². The van der Waals surface area contributed by atoms with Crippen LogP contribution in [0.5, 0.6) is 0 Å². The molecular weight excluding hydrogens is 434 g/mol. The lowest BCUT2D eigenvalue weighted by molar-refractivity contribution is -0.119. The van der Waals surface area contributed by atoms with Gasteiger partial charge >= 0.3 is 0 Å². The predicted octanol–water partition coefficient (Wildman–Crippen LogP) is 4.00. The number of thioether (sulfide) groups is 1. The molecule has 1 aromatic heterocycles. The maximum atomic E-state index is 12.7. The molecule has 0 bridgehead atoms. The summed E-state index contributed by atoms with van der Waals surface area (Å²) in [5.74, 6) is 1.05. The summed E-state index contributed by atoms with van der Waals surface area (Å²) < 4.78 is 7.45. The van der Waals surface area contributed by atoms with E-state index in [2.05, 4.69) is 76.7 Å². The Kier molecular flexibility index (Phi) is 7.35. The fraction of sp³-hybridized carbons (Fsp3) is 0.400. The highest BCUT2D eigenvalue weighted by molar-refractivity contribution is 7.99. The Bertz CT molecular complexity index is 1110. The Morgan fingerprint density at radius 2 is 1.82 bits per heavy atom. The van der Waals surface area contributed by atoms with Crippen LogP contribution in [-0.2, 0) is 9.53 Å². The van der Waals surface area contributed by atoms with E-state index in [0.29, 0.717) is 0 Å². The van der Waals surface area contributed by atoms with Crippen molar-refractivity contribution in [2.24, 2.45) is 0 Å². The molecule has 2 aromatic carbocycles. The number of morpholine rings is 1. The molecule has 174 valence electrons. The number of nitrogens with one attached hydrogen (secondary N) is 1. The van der Waals surface area contributed by atoms with Crippen LogP contribution in [0.3, 0.4) is 0 Å². The summed E-state index contributed by atoms with van der Waals surface area (Å²) >= 11 is 1.40. The average Bonchev–Trinajstić information content (AvgIpc) is 3.20. The molecule has 1 amide bonds. The molecule has 1 atom stereocenters. The van der Waals surface area contributed by atoms with E-state index in [-0.39, 0.29) is 17.7 Å².